The third kappa shape index (κ3) is 6.41. The molecule has 0 saturated heterocycles. The molecule has 3 aromatic rings. The van der Waals surface area contributed by atoms with Gasteiger partial charge in [-0.2, -0.15) is 0 Å². The molecule has 1 heterocycles. The van der Waals surface area contributed by atoms with E-state index in [1.54, 1.807) is 0 Å². The normalized spacial score (nSPS) is 11.7. The molecule has 1 N–H and O–H groups in total. The Kier molecular flexibility index (Phi) is 7.85. The van der Waals surface area contributed by atoms with Crippen molar-refractivity contribution in [1.29, 1.82) is 0 Å². The number of methoxy groups -OCH3 is 1. The Hall–Kier alpha value is -2.66. The maximum absolute atomic E-state index is 11.4. The van der Waals surface area contributed by atoms with E-state index in [1.807, 2.05) is 6.07 Å². The van der Waals surface area contributed by atoms with E-state index >= 15 is 0 Å². The van der Waals surface area contributed by atoms with Gasteiger partial charge in [0.1, 0.15) is 12.4 Å². The van der Waals surface area contributed by atoms with Gasteiger partial charge in [-0.15, -0.1) is 0 Å². The standard InChI is InChI=1S/C26H35N3O2/c1-26(2,3)21-15-13-20(14-16-21)18-29-23-11-8-7-10-22(23)28-24(29)12-6-5-9-17-27-25(30)19-31-4/h7-8,10-11,13-16H,5-6,9,12,17-19H2,1-4H3,(H,27,30). The summed E-state index contributed by atoms with van der Waals surface area (Å²) >= 11 is 0. The van der Waals surface area contributed by atoms with E-state index in [9.17, 15) is 4.79 Å². The molecule has 0 saturated carbocycles. The molecule has 0 spiro atoms. The quantitative estimate of drug-likeness (QED) is 0.476. The Labute approximate surface area is 185 Å². The van der Waals surface area contributed by atoms with Gasteiger partial charge in [0.2, 0.25) is 5.91 Å². The van der Waals surface area contributed by atoms with Gasteiger partial charge in [0.05, 0.1) is 11.0 Å². The van der Waals surface area contributed by atoms with Crippen molar-refractivity contribution in [1.82, 2.24) is 14.9 Å². The van der Waals surface area contributed by atoms with Crippen LogP contribution in [0.3, 0.4) is 0 Å². The van der Waals surface area contributed by atoms with Gasteiger partial charge >= 0.3 is 0 Å². The first-order chi connectivity index (χ1) is 14.9. The zero-order chi connectivity index (χ0) is 22.3. The van der Waals surface area contributed by atoms with Crippen LogP contribution in [0.25, 0.3) is 11.0 Å². The van der Waals surface area contributed by atoms with Crippen LogP contribution in [0.15, 0.2) is 48.5 Å². The molecule has 0 fully saturated rings. The number of imidazole rings is 1. The minimum absolute atomic E-state index is 0.0539. The predicted molar refractivity (Wildman–Crippen MR) is 126 cm³/mol. The first kappa shape index (κ1) is 23.0. The molecule has 0 unspecified atom stereocenters. The lowest BCUT2D eigenvalue weighted by Crippen LogP contribution is -2.27. The molecule has 0 aliphatic rings. The number of hydrogen-bond donors (Lipinski definition) is 1. The van der Waals surface area contributed by atoms with E-state index in [4.69, 9.17) is 9.72 Å². The summed E-state index contributed by atoms with van der Waals surface area (Å²) in [5.74, 6) is 1.08. The molecule has 166 valence electrons. The van der Waals surface area contributed by atoms with Gasteiger partial charge in [0.25, 0.3) is 0 Å². The lowest BCUT2D eigenvalue weighted by atomic mass is 9.87. The van der Waals surface area contributed by atoms with Crippen molar-refractivity contribution in [2.75, 3.05) is 20.3 Å². The van der Waals surface area contributed by atoms with Crippen LogP contribution in [0.2, 0.25) is 0 Å². The summed E-state index contributed by atoms with van der Waals surface area (Å²) in [5.41, 5.74) is 5.04. The largest absolute Gasteiger partial charge is 0.375 e. The highest BCUT2D eigenvalue weighted by molar-refractivity contribution is 5.77. The first-order valence-electron chi connectivity index (χ1n) is 11.2. The molecule has 1 amide bonds. The fourth-order valence-electron chi connectivity index (χ4n) is 3.78. The average Bonchev–Trinajstić information content (AvgIpc) is 3.08. The van der Waals surface area contributed by atoms with Gasteiger partial charge in [-0.1, -0.05) is 63.6 Å². The first-order valence-corrected chi connectivity index (χ1v) is 11.2. The lowest BCUT2D eigenvalue weighted by molar-refractivity contribution is -0.124. The monoisotopic (exact) mass is 421 g/mol. The lowest BCUT2D eigenvalue weighted by Gasteiger charge is -2.19. The Balaban J connectivity index is 1.64. The van der Waals surface area contributed by atoms with Gasteiger partial charge in [-0.05, 0) is 41.5 Å². The maximum atomic E-state index is 11.4. The average molecular weight is 422 g/mol. The molecule has 0 aliphatic carbocycles. The summed E-state index contributed by atoms with van der Waals surface area (Å²) < 4.78 is 7.18. The number of hydrogen-bond acceptors (Lipinski definition) is 3. The number of carbonyl (C=O) groups is 1. The maximum Gasteiger partial charge on any atom is 0.245 e. The molecule has 1 aromatic heterocycles. The Bertz CT molecular complexity index is 984. The van der Waals surface area contributed by atoms with E-state index in [0.717, 1.165) is 43.6 Å². The number of carbonyl (C=O) groups excluding carboxylic acids is 1. The summed E-state index contributed by atoms with van der Waals surface area (Å²) in [6, 6.07) is 17.3. The summed E-state index contributed by atoms with van der Waals surface area (Å²) in [6.45, 7) is 8.37. The Morgan fingerprint density at radius 1 is 1.03 bits per heavy atom. The third-order valence-corrected chi connectivity index (χ3v) is 5.57. The van der Waals surface area contributed by atoms with Crippen molar-refractivity contribution >= 4 is 16.9 Å². The molecule has 31 heavy (non-hydrogen) atoms. The minimum Gasteiger partial charge on any atom is -0.375 e. The number of ether oxygens (including phenoxy) is 1. The highest BCUT2D eigenvalue weighted by Crippen LogP contribution is 2.24. The van der Waals surface area contributed by atoms with Crippen LogP contribution in [-0.4, -0.2) is 35.7 Å². The second kappa shape index (κ2) is 10.6. The van der Waals surface area contributed by atoms with Crippen LogP contribution in [0.5, 0.6) is 0 Å². The Morgan fingerprint density at radius 2 is 1.77 bits per heavy atom. The van der Waals surface area contributed by atoms with Crippen LogP contribution in [0, 0.1) is 0 Å². The molecule has 0 bridgehead atoms. The van der Waals surface area contributed by atoms with Crippen LogP contribution >= 0.6 is 0 Å². The van der Waals surface area contributed by atoms with E-state index in [2.05, 4.69) is 73.1 Å². The highest BCUT2D eigenvalue weighted by Gasteiger charge is 2.14. The van der Waals surface area contributed by atoms with Crippen molar-refractivity contribution in [2.45, 2.75) is 58.4 Å². The zero-order valence-electron chi connectivity index (χ0n) is 19.3. The summed E-state index contributed by atoms with van der Waals surface area (Å²) in [5, 5.41) is 2.88. The highest BCUT2D eigenvalue weighted by atomic mass is 16.5. The number of para-hydroxylation sites is 2. The van der Waals surface area contributed by atoms with Crippen LogP contribution < -0.4 is 5.32 Å². The number of aromatic nitrogens is 2. The molecule has 0 radical (unpaired) electrons. The van der Waals surface area contributed by atoms with Crippen LogP contribution in [0.1, 0.15) is 57.0 Å². The second-order valence-corrected chi connectivity index (χ2v) is 9.14. The number of rotatable bonds is 10. The fraction of sp³-hybridized carbons (Fsp3) is 0.462. The molecule has 0 atom stereocenters. The van der Waals surface area contributed by atoms with E-state index < -0.39 is 0 Å². The van der Waals surface area contributed by atoms with Crippen molar-refractivity contribution < 1.29 is 9.53 Å². The van der Waals surface area contributed by atoms with E-state index in [-0.39, 0.29) is 17.9 Å². The van der Waals surface area contributed by atoms with Crippen molar-refractivity contribution in [2.24, 2.45) is 0 Å². The molecule has 3 rings (SSSR count). The number of benzene rings is 2. The number of fused-ring (bicyclic) bond motifs is 1. The smallest absolute Gasteiger partial charge is 0.245 e. The van der Waals surface area contributed by atoms with Gasteiger partial charge in [-0.25, -0.2) is 4.98 Å². The van der Waals surface area contributed by atoms with Crippen LogP contribution in [0.4, 0.5) is 0 Å². The zero-order valence-corrected chi connectivity index (χ0v) is 19.3. The summed E-state index contributed by atoms with van der Waals surface area (Å²) in [4.78, 5) is 16.4. The third-order valence-electron chi connectivity index (χ3n) is 5.57. The molecular formula is C26H35N3O2. The van der Waals surface area contributed by atoms with E-state index in [0.29, 0.717) is 6.54 Å². The van der Waals surface area contributed by atoms with Gasteiger partial charge < -0.3 is 14.6 Å². The second-order valence-electron chi connectivity index (χ2n) is 9.14. The number of unbranched alkanes of at least 4 members (excludes halogenated alkanes) is 2. The molecular weight excluding hydrogens is 386 g/mol. The number of nitrogens with zero attached hydrogens (tertiary/aromatic N) is 2. The SMILES string of the molecule is COCC(=O)NCCCCCc1nc2ccccc2n1Cc1ccc(C(C)(C)C)cc1. The summed E-state index contributed by atoms with van der Waals surface area (Å²) in [7, 11) is 1.53. The topological polar surface area (TPSA) is 56.1 Å². The number of amides is 1. The number of aryl methyl sites for hydroxylation is 1. The molecule has 2 aromatic carbocycles. The summed E-state index contributed by atoms with van der Waals surface area (Å²) in [6.07, 6.45) is 3.99. The van der Waals surface area contributed by atoms with Crippen LogP contribution in [-0.2, 0) is 27.9 Å². The van der Waals surface area contributed by atoms with Gasteiger partial charge in [-0.3, -0.25) is 4.79 Å². The van der Waals surface area contributed by atoms with E-state index in [1.165, 1.54) is 23.8 Å². The molecule has 0 aliphatic heterocycles. The molecule has 5 nitrogen and oxygen atoms in total. The minimum atomic E-state index is -0.0539. The van der Waals surface area contributed by atoms with Crippen molar-refractivity contribution in [3.8, 4) is 0 Å². The van der Waals surface area contributed by atoms with Gasteiger partial charge in [0, 0.05) is 26.6 Å². The fourth-order valence-corrected chi connectivity index (χ4v) is 3.78. The Morgan fingerprint density at radius 3 is 2.48 bits per heavy atom. The van der Waals surface area contributed by atoms with Gasteiger partial charge in [0.15, 0.2) is 0 Å². The molecule has 5 heteroatoms. The van der Waals surface area contributed by atoms with Crippen molar-refractivity contribution in [3.05, 3.63) is 65.5 Å². The predicted octanol–water partition coefficient (Wildman–Crippen LogP) is 4.86. The van der Waals surface area contributed by atoms with Crippen molar-refractivity contribution in [3.63, 3.8) is 0 Å². The number of nitrogens with one attached hydrogen (secondary N) is 1.